The van der Waals surface area contributed by atoms with Crippen molar-refractivity contribution in [1.82, 2.24) is 14.8 Å². The Kier molecular flexibility index (Phi) is 6.93. The quantitative estimate of drug-likeness (QED) is 0.534. The summed E-state index contributed by atoms with van der Waals surface area (Å²) in [6.07, 6.45) is 5.03. The van der Waals surface area contributed by atoms with Crippen LogP contribution in [-0.2, 0) is 26.6 Å². The number of rotatable bonds is 8. The maximum Gasteiger partial charge on any atom is 0.251 e. The van der Waals surface area contributed by atoms with Crippen LogP contribution < -0.4 is 14.8 Å². The third-order valence-corrected chi connectivity index (χ3v) is 6.59. The average Bonchev–Trinajstić information content (AvgIpc) is 2.71. The summed E-state index contributed by atoms with van der Waals surface area (Å²) in [5.41, 5.74) is 0.992. The number of amides is 1. The number of benzene rings is 2. The van der Waals surface area contributed by atoms with Crippen LogP contribution in [0.15, 0.2) is 58.3 Å². The molecule has 0 aliphatic rings. The summed E-state index contributed by atoms with van der Waals surface area (Å²) in [6.45, 7) is 0.0570. The number of carbonyl (C=O) groups is 1. The van der Waals surface area contributed by atoms with Gasteiger partial charge in [0.1, 0.15) is 0 Å². The van der Waals surface area contributed by atoms with Crippen molar-refractivity contribution >= 4 is 26.0 Å². The van der Waals surface area contributed by atoms with Crippen molar-refractivity contribution in [2.75, 3.05) is 13.6 Å². The van der Waals surface area contributed by atoms with Gasteiger partial charge >= 0.3 is 0 Å². The van der Waals surface area contributed by atoms with E-state index in [0.717, 1.165) is 0 Å². The van der Waals surface area contributed by atoms with Crippen LogP contribution in [0.25, 0.3) is 0 Å². The Balaban J connectivity index is 2.01. The minimum atomic E-state index is -3.72. The summed E-state index contributed by atoms with van der Waals surface area (Å²) in [5, 5.41) is 2.68. The van der Waals surface area contributed by atoms with E-state index in [-0.39, 0.29) is 28.4 Å². The molecule has 10 heteroatoms. The molecule has 0 fully saturated rings. The lowest BCUT2D eigenvalue weighted by Crippen LogP contribution is -2.25. The molecule has 2 aromatic rings. The second kappa shape index (κ2) is 8.99. The zero-order valence-electron chi connectivity index (χ0n) is 15.0. The highest BCUT2D eigenvalue weighted by atomic mass is 32.2. The molecule has 28 heavy (non-hydrogen) atoms. The van der Waals surface area contributed by atoms with E-state index in [2.05, 4.69) is 20.7 Å². The van der Waals surface area contributed by atoms with Gasteiger partial charge in [-0.1, -0.05) is 18.1 Å². The number of terminal acetylenes is 1. The number of carbonyl (C=O) groups excluding carboxylic acids is 1. The molecule has 2 rings (SSSR count). The van der Waals surface area contributed by atoms with Gasteiger partial charge in [-0.3, -0.25) is 4.79 Å². The van der Waals surface area contributed by atoms with Crippen LogP contribution in [0.3, 0.4) is 0 Å². The van der Waals surface area contributed by atoms with E-state index in [1.54, 1.807) is 12.1 Å². The van der Waals surface area contributed by atoms with Crippen molar-refractivity contribution in [3.8, 4) is 12.3 Å². The van der Waals surface area contributed by atoms with Gasteiger partial charge in [-0.2, -0.15) is 4.72 Å². The van der Waals surface area contributed by atoms with Crippen molar-refractivity contribution in [2.45, 2.75) is 16.3 Å². The molecular formula is C18H19N3O5S2. The zero-order chi connectivity index (χ0) is 20.8. The summed E-state index contributed by atoms with van der Waals surface area (Å²) in [7, 11) is -5.91. The SMILES string of the molecule is C#CCNS(=O)(=O)c1ccc(C(=O)NCc2ccc(S(=O)(=O)NC)cc2)cc1. The van der Waals surface area contributed by atoms with E-state index in [9.17, 15) is 21.6 Å². The van der Waals surface area contributed by atoms with Gasteiger partial charge in [0.05, 0.1) is 16.3 Å². The summed E-state index contributed by atoms with van der Waals surface area (Å²) in [5.74, 6) is 1.78. The summed E-state index contributed by atoms with van der Waals surface area (Å²) < 4.78 is 51.7. The Morgan fingerprint density at radius 3 is 2.00 bits per heavy atom. The molecule has 0 aliphatic carbocycles. The Morgan fingerprint density at radius 1 is 0.929 bits per heavy atom. The van der Waals surface area contributed by atoms with Crippen molar-refractivity contribution in [2.24, 2.45) is 0 Å². The van der Waals surface area contributed by atoms with Crippen LogP contribution in [0.1, 0.15) is 15.9 Å². The van der Waals surface area contributed by atoms with Gasteiger partial charge in [0.25, 0.3) is 5.91 Å². The molecule has 0 aliphatic heterocycles. The maximum atomic E-state index is 12.2. The minimum Gasteiger partial charge on any atom is -0.348 e. The summed E-state index contributed by atoms with van der Waals surface area (Å²) in [6, 6.07) is 11.5. The molecule has 0 spiro atoms. The van der Waals surface area contributed by atoms with Gasteiger partial charge in [0.2, 0.25) is 20.0 Å². The largest absolute Gasteiger partial charge is 0.348 e. The lowest BCUT2D eigenvalue weighted by atomic mass is 10.2. The molecule has 0 radical (unpaired) electrons. The molecule has 8 nitrogen and oxygen atoms in total. The van der Waals surface area contributed by atoms with Crippen molar-refractivity contribution in [3.63, 3.8) is 0 Å². The Labute approximate surface area is 164 Å². The van der Waals surface area contributed by atoms with Crippen LogP contribution in [0, 0.1) is 12.3 Å². The predicted molar refractivity (Wildman–Crippen MR) is 104 cm³/mol. The van der Waals surface area contributed by atoms with Crippen molar-refractivity contribution < 1.29 is 21.6 Å². The fraction of sp³-hybridized carbons (Fsp3) is 0.167. The van der Waals surface area contributed by atoms with Crippen molar-refractivity contribution in [3.05, 3.63) is 59.7 Å². The van der Waals surface area contributed by atoms with E-state index >= 15 is 0 Å². The van der Waals surface area contributed by atoms with Crippen molar-refractivity contribution in [1.29, 1.82) is 0 Å². The first-order valence-corrected chi connectivity index (χ1v) is 11.0. The molecule has 0 saturated heterocycles. The molecule has 0 heterocycles. The lowest BCUT2D eigenvalue weighted by Gasteiger charge is -2.08. The topological polar surface area (TPSA) is 121 Å². The first-order chi connectivity index (χ1) is 13.2. The number of sulfonamides is 2. The standard InChI is InChI=1S/C18H19N3O5S2/c1-3-12-21-28(25,26)17-10-6-15(7-11-17)18(22)20-13-14-4-8-16(9-5-14)27(23,24)19-2/h1,4-11,19,21H,12-13H2,2H3,(H,20,22). The van der Waals surface area contributed by atoms with E-state index in [0.29, 0.717) is 5.56 Å². The van der Waals surface area contributed by atoms with Crippen LogP contribution >= 0.6 is 0 Å². The van der Waals surface area contributed by atoms with Crippen LogP contribution in [0.4, 0.5) is 0 Å². The Bertz CT molecular complexity index is 1090. The molecule has 3 N–H and O–H groups in total. The van der Waals surface area contributed by atoms with Crippen LogP contribution in [0.2, 0.25) is 0 Å². The van der Waals surface area contributed by atoms with Crippen LogP contribution in [-0.4, -0.2) is 36.3 Å². The Hall–Kier alpha value is -2.71. The number of hydrogen-bond donors (Lipinski definition) is 3. The highest BCUT2D eigenvalue weighted by Gasteiger charge is 2.14. The third kappa shape index (κ3) is 5.40. The molecule has 0 saturated carbocycles. The van der Waals surface area contributed by atoms with Gasteiger partial charge in [-0.05, 0) is 49.0 Å². The highest BCUT2D eigenvalue weighted by Crippen LogP contribution is 2.12. The monoisotopic (exact) mass is 421 g/mol. The van der Waals surface area contributed by atoms with E-state index < -0.39 is 26.0 Å². The van der Waals surface area contributed by atoms with Gasteiger partial charge in [-0.25, -0.2) is 21.6 Å². The number of hydrogen-bond acceptors (Lipinski definition) is 5. The van der Waals surface area contributed by atoms with E-state index in [4.69, 9.17) is 6.42 Å². The van der Waals surface area contributed by atoms with E-state index in [1.165, 1.54) is 43.4 Å². The summed E-state index contributed by atoms with van der Waals surface area (Å²) >= 11 is 0. The molecule has 0 aromatic heterocycles. The molecule has 148 valence electrons. The van der Waals surface area contributed by atoms with Gasteiger partial charge in [0, 0.05) is 12.1 Å². The normalized spacial score (nSPS) is 11.6. The molecule has 1 amide bonds. The first kappa shape index (κ1) is 21.6. The van der Waals surface area contributed by atoms with Gasteiger partial charge in [-0.15, -0.1) is 6.42 Å². The molecule has 0 unspecified atom stereocenters. The fourth-order valence-electron chi connectivity index (χ4n) is 2.19. The second-order valence-electron chi connectivity index (χ2n) is 5.59. The van der Waals surface area contributed by atoms with E-state index in [1.807, 2.05) is 0 Å². The second-order valence-corrected chi connectivity index (χ2v) is 9.24. The molecule has 0 atom stereocenters. The predicted octanol–water partition coefficient (Wildman–Crippen LogP) is 0.436. The Morgan fingerprint density at radius 2 is 1.46 bits per heavy atom. The minimum absolute atomic E-state index is 0.000585. The number of nitrogens with one attached hydrogen (secondary N) is 3. The lowest BCUT2D eigenvalue weighted by molar-refractivity contribution is 0.0950. The smallest absolute Gasteiger partial charge is 0.251 e. The fourth-order valence-corrected chi connectivity index (χ4v) is 3.86. The van der Waals surface area contributed by atoms with Crippen LogP contribution in [0.5, 0.6) is 0 Å². The average molecular weight is 422 g/mol. The molecule has 2 aromatic carbocycles. The summed E-state index contributed by atoms with van der Waals surface area (Å²) in [4.78, 5) is 12.3. The zero-order valence-corrected chi connectivity index (χ0v) is 16.6. The highest BCUT2D eigenvalue weighted by molar-refractivity contribution is 7.89. The molecule has 0 bridgehead atoms. The van der Waals surface area contributed by atoms with Gasteiger partial charge in [0.15, 0.2) is 0 Å². The first-order valence-electron chi connectivity index (χ1n) is 8.03. The maximum absolute atomic E-state index is 12.2. The van der Waals surface area contributed by atoms with Gasteiger partial charge < -0.3 is 5.32 Å². The molecular weight excluding hydrogens is 402 g/mol. The third-order valence-electron chi connectivity index (χ3n) is 3.75.